The van der Waals surface area contributed by atoms with Gasteiger partial charge < -0.3 is 44.0 Å². The van der Waals surface area contributed by atoms with E-state index in [0.29, 0.717) is 85.4 Å². The monoisotopic (exact) mass is 1820 g/mol. The average molecular weight is 1830 g/mol. The molecule has 0 radical (unpaired) electrons. The van der Waals surface area contributed by atoms with E-state index in [1.54, 1.807) is 133 Å². The first-order valence-electron chi connectivity index (χ1n) is 42.4. The number of aromatic nitrogens is 5. The van der Waals surface area contributed by atoms with Gasteiger partial charge in [-0.05, 0) is 225 Å². The number of hydrogen-bond acceptors (Lipinski definition) is 18. The Morgan fingerprint density at radius 1 is 0.381 bits per heavy atom. The molecule has 24 nitrogen and oxygen atoms in total. The summed E-state index contributed by atoms with van der Waals surface area (Å²) in [6.07, 6.45) is -0.346. The molecule has 17 rings (SSSR count). The van der Waals surface area contributed by atoms with E-state index in [2.05, 4.69) is 34.7 Å². The van der Waals surface area contributed by atoms with Gasteiger partial charge in [0.1, 0.15) is 63.7 Å². The third-order valence-corrected chi connectivity index (χ3v) is 22.4. The van der Waals surface area contributed by atoms with Crippen molar-refractivity contribution in [3.63, 3.8) is 0 Å². The fourth-order valence-electron chi connectivity index (χ4n) is 15.8. The largest absolute Gasteiger partial charge is 0.383 e. The minimum absolute atomic E-state index is 0.0941. The van der Waals surface area contributed by atoms with Crippen LogP contribution in [0.1, 0.15) is 93.1 Å². The molecule has 6 amide bonds. The number of fused-ring (bicyclic) bond motifs is 5. The number of hydroxylamine groups is 2. The molecule has 2 fully saturated rings. The van der Waals surface area contributed by atoms with Crippen molar-refractivity contribution < 1.29 is 73.5 Å². The second-order valence-corrected chi connectivity index (χ2v) is 32.7. The second-order valence-electron chi connectivity index (χ2n) is 32.7. The standard InChI is InChI=1S/C21H18F3N3O.C21H19F2N3O.C21H22FN3O2.C20H19FN4O2.C19H18FN3O2/c22-15-4-2-14(3-5-15)17-10-19(20(25)28)26-18-9-13(1-6-16(17)18)11-27-8-7-21(23,24)12-27;22-15-4-2-14(3-5-15)18-10-20(21(24)27)25-19-9-13(1-6-17(18)19)11-26-8-7-16(23)12-26;1-25(9-10-27-2)13-14-3-8-17-18(15-4-6-16(22)7-5-15)12-20(21(23)26)24-19(17)11-14;1-25(11-19(22)26)10-12-2-7-15-16(13-3-5-14(21)6-4-13)9-18(20(23)27)24-17(15)8-12;1-23(25-2)11-12-3-8-15-16(13-4-6-14(20)7-5-13)10-18(19(21)24)22-17(15)9-12/h1-6,9-10H,7-8,11-12H2,(H2,25,28);1-6,9-10,16H,7-8,11-12H2,(H2,24,27);3-8,11-12H,9-10,13H2,1-2H3,(H2,23,26);2-9H,10-11H2,1H3,(H2,22,26)(H2,23,27);3-10H,11H2,1-2H3,(H2,21,24)/t;16-;;;/m.1.../s1. The number of alkyl halides is 3. The Hall–Kier alpha value is -14.8. The van der Waals surface area contributed by atoms with Crippen molar-refractivity contribution in [1.29, 1.82) is 0 Å². The predicted octanol–water partition coefficient (Wildman–Crippen LogP) is 16.1. The highest BCUT2D eigenvalue weighted by Gasteiger charge is 2.38. The van der Waals surface area contributed by atoms with E-state index in [9.17, 15) is 63.9 Å². The van der Waals surface area contributed by atoms with Crippen molar-refractivity contribution >= 4 is 90.0 Å². The molecule has 32 heteroatoms. The topological polar surface area (TPSA) is 358 Å². The van der Waals surface area contributed by atoms with Crippen molar-refractivity contribution in [3.8, 4) is 55.6 Å². The van der Waals surface area contributed by atoms with Crippen molar-refractivity contribution in [3.05, 3.63) is 328 Å². The third kappa shape index (κ3) is 25.3. The maximum atomic E-state index is 13.4. The Bertz CT molecular complexity index is 6850. The molecule has 15 aromatic rings. The van der Waals surface area contributed by atoms with Crippen LogP contribution in [0.25, 0.3) is 110 Å². The number of benzene rings is 10. The van der Waals surface area contributed by atoms with Gasteiger partial charge in [-0.25, -0.2) is 60.0 Å². The van der Waals surface area contributed by atoms with Gasteiger partial charge in [0.15, 0.2) is 0 Å². The maximum Gasteiger partial charge on any atom is 0.267 e. The number of rotatable bonds is 26. The highest BCUT2D eigenvalue weighted by atomic mass is 19.3. The smallest absolute Gasteiger partial charge is 0.267 e. The zero-order valence-electron chi connectivity index (χ0n) is 73.8. The van der Waals surface area contributed by atoms with Crippen LogP contribution in [0.5, 0.6) is 0 Å². The van der Waals surface area contributed by atoms with Gasteiger partial charge in [-0.1, -0.05) is 121 Å². The SMILES string of the molecule is CN(CC(N)=O)Cc1ccc2c(-c3ccc(F)cc3)cc(C(N)=O)nc2c1.COCCN(C)Cc1ccc2c(-c3ccc(F)cc3)cc(C(N)=O)nc2c1.CON(C)Cc1ccc2c(-c3ccc(F)cc3)cc(C(N)=O)nc2c1.NC(=O)c1cc(-c2ccc(F)cc2)c2ccc(CN3CCC(F)(F)C3)cc2n1.NC(=O)c1cc(-c2ccc(F)cc2)c2ccc(CN3CC[C@@H](F)C3)cc2n1. The van der Waals surface area contributed by atoms with Gasteiger partial charge in [-0.15, -0.1) is 0 Å². The van der Waals surface area contributed by atoms with Gasteiger partial charge in [0, 0.05) is 106 Å². The van der Waals surface area contributed by atoms with Gasteiger partial charge in [0.2, 0.25) is 5.91 Å². The number of amides is 6. The zero-order chi connectivity index (χ0) is 95.8. The van der Waals surface area contributed by atoms with E-state index in [1.807, 2.05) is 99.0 Å². The Kier molecular flexibility index (Phi) is 31.4. The molecule has 2 aliphatic heterocycles. The summed E-state index contributed by atoms with van der Waals surface area (Å²) < 4.78 is 112. The van der Waals surface area contributed by atoms with Crippen molar-refractivity contribution in [2.45, 2.75) is 57.7 Å². The molecule has 134 heavy (non-hydrogen) atoms. The fourth-order valence-corrected chi connectivity index (χ4v) is 15.8. The lowest BCUT2D eigenvalue weighted by Crippen LogP contribution is -2.30. The highest BCUT2D eigenvalue weighted by Crippen LogP contribution is 2.38. The molecule has 0 bridgehead atoms. The molecular formula is C102H96F8N16O8. The number of pyridine rings is 5. The maximum absolute atomic E-state index is 13.4. The van der Waals surface area contributed by atoms with Gasteiger partial charge in [-0.2, -0.15) is 5.06 Å². The van der Waals surface area contributed by atoms with Crippen LogP contribution < -0.4 is 34.4 Å². The predicted molar refractivity (Wildman–Crippen MR) is 500 cm³/mol. The first-order valence-corrected chi connectivity index (χ1v) is 42.4. The van der Waals surface area contributed by atoms with Crippen LogP contribution in [-0.4, -0.2) is 178 Å². The summed E-state index contributed by atoms with van der Waals surface area (Å²) in [5.41, 5.74) is 48.7. The van der Waals surface area contributed by atoms with Crippen LogP contribution in [0.4, 0.5) is 35.1 Å². The number of nitrogens with zero attached hydrogens (tertiary/aromatic N) is 10. The Balaban J connectivity index is 0.000000142. The number of ether oxygens (including phenoxy) is 1. The molecule has 2 saturated heterocycles. The Morgan fingerprint density at radius 3 is 0.925 bits per heavy atom. The first kappa shape index (κ1) is 96.8. The minimum atomic E-state index is -2.65. The molecule has 12 N–H and O–H groups in total. The number of likely N-dealkylation sites (N-methyl/N-ethyl adjacent to an activating group) is 2. The van der Waals surface area contributed by atoms with Gasteiger partial charge in [-0.3, -0.25) is 48.4 Å². The number of primary amides is 6. The van der Waals surface area contributed by atoms with Crippen LogP contribution >= 0.6 is 0 Å². The van der Waals surface area contributed by atoms with Crippen LogP contribution in [-0.2, 0) is 47.1 Å². The van der Waals surface area contributed by atoms with E-state index in [0.717, 1.165) is 124 Å². The van der Waals surface area contributed by atoms with Crippen LogP contribution in [0.15, 0.2) is 243 Å². The van der Waals surface area contributed by atoms with Gasteiger partial charge in [0.05, 0.1) is 54.4 Å². The Labute approximate surface area is 766 Å². The average Bonchev–Trinajstić information content (AvgIpc) is 1.02. The molecular weight excluding hydrogens is 1730 g/mol. The number of nitrogens with two attached hydrogens (primary N) is 6. The van der Waals surface area contributed by atoms with Crippen molar-refractivity contribution in [2.75, 3.05) is 81.2 Å². The normalized spacial score (nSPS) is 13.6. The summed E-state index contributed by atoms with van der Waals surface area (Å²) in [6.45, 7) is 5.64. The lowest BCUT2D eigenvalue weighted by Gasteiger charge is -2.17. The molecule has 0 aliphatic carbocycles. The van der Waals surface area contributed by atoms with E-state index in [4.69, 9.17) is 44.0 Å². The van der Waals surface area contributed by atoms with E-state index < -0.39 is 47.5 Å². The highest BCUT2D eigenvalue weighted by molar-refractivity contribution is 6.06. The molecule has 0 spiro atoms. The molecule has 0 saturated carbocycles. The lowest BCUT2D eigenvalue weighted by molar-refractivity contribution is -0.119. The minimum Gasteiger partial charge on any atom is -0.383 e. The number of carbonyl (C=O) groups is 6. The molecule has 688 valence electrons. The summed E-state index contributed by atoms with van der Waals surface area (Å²) in [6, 6.07) is 67.1. The molecule has 10 aromatic carbocycles. The fraction of sp³-hybridized carbons (Fsp3) is 0.206. The number of likely N-dealkylation sites (tertiary alicyclic amines) is 2. The first-order chi connectivity index (χ1) is 64.1. The number of hydrogen-bond donors (Lipinski definition) is 6. The summed E-state index contributed by atoms with van der Waals surface area (Å²) in [5, 5.41) is 5.86. The van der Waals surface area contributed by atoms with Crippen molar-refractivity contribution in [2.24, 2.45) is 34.4 Å². The molecule has 2 aliphatic rings. The summed E-state index contributed by atoms with van der Waals surface area (Å²) >= 11 is 0. The number of halogens is 8. The summed E-state index contributed by atoms with van der Waals surface area (Å²) in [7, 11) is 8.89. The van der Waals surface area contributed by atoms with Gasteiger partial charge >= 0.3 is 0 Å². The molecule has 0 unspecified atom stereocenters. The third-order valence-electron chi connectivity index (χ3n) is 22.4. The lowest BCUT2D eigenvalue weighted by atomic mass is 9.98. The molecule has 5 aromatic heterocycles. The summed E-state index contributed by atoms with van der Waals surface area (Å²) in [4.78, 5) is 104. The van der Waals surface area contributed by atoms with E-state index in [-0.39, 0.29) is 77.1 Å². The number of methoxy groups -OCH3 is 1. The number of carbonyl (C=O) groups excluding carboxylic acids is 6. The van der Waals surface area contributed by atoms with E-state index in [1.165, 1.54) is 60.7 Å². The van der Waals surface area contributed by atoms with E-state index >= 15 is 0 Å². The van der Waals surface area contributed by atoms with Crippen LogP contribution in [0.3, 0.4) is 0 Å². The molecule has 7 heterocycles. The Morgan fingerprint density at radius 2 is 0.664 bits per heavy atom. The molecule has 1 atom stereocenters. The van der Waals surface area contributed by atoms with Crippen molar-refractivity contribution in [1.82, 2.24) is 49.6 Å². The van der Waals surface area contributed by atoms with Gasteiger partial charge in [0.25, 0.3) is 35.5 Å². The second kappa shape index (κ2) is 43.5. The summed E-state index contributed by atoms with van der Waals surface area (Å²) in [5.74, 6) is -7.85. The van der Waals surface area contributed by atoms with Crippen LogP contribution in [0, 0.1) is 29.1 Å². The zero-order valence-corrected chi connectivity index (χ0v) is 73.8. The quantitative estimate of drug-likeness (QED) is 0.0217. The van der Waals surface area contributed by atoms with Crippen LogP contribution in [0.2, 0.25) is 0 Å².